The van der Waals surface area contributed by atoms with Crippen molar-refractivity contribution < 1.29 is 14.6 Å². The fourth-order valence-electron chi connectivity index (χ4n) is 3.58. The van der Waals surface area contributed by atoms with Crippen LogP contribution in [-0.4, -0.2) is 35.3 Å². The van der Waals surface area contributed by atoms with E-state index in [-0.39, 0.29) is 12.2 Å². The smallest absolute Gasteiger partial charge is 0.410 e. The van der Waals surface area contributed by atoms with Gasteiger partial charge in [-0.2, -0.15) is 0 Å². The molecule has 4 nitrogen and oxygen atoms in total. The molecule has 21 heavy (non-hydrogen) atoms. The maximum absolute atomic E-state index is 12.2. The third-order valence-corrected chi connectivity index (χ3v) is 4.80. The number of ether oxygens (including phenoxy) is 1. The van der Waals surface area contributed by atoms with Crippen LogP contribution in [0.5, 0.6) is 0 Å². The third kappa shape index (κ3) is 3.56. The average Bonchev–Trinajstić information content (AvgIpc) is 2.53. The number of hydrogen-bond donors (Lipinski definition) is 1. The average molecular weight is 289 g/mol. The van der Waals surface area contributed by atoms with Crippen molar-refractivity contribution in [3.05, 3.63) is 35.9 Å². The third-order valence-electron chi connectivity index (χ3n) is 4.80. The highest BCUT2D eigenvalue weighted by molar-refractivity contribution is 5.67. The van der Waals surface area contributed by atoms with Crippen LogP contribution in [0.1, 0.15) is 31.2 Å². The molecule has 0 aromatic heterocycles. The second-order valence-corrected chi connectivity index (χ2v) is 6.26. The topological polar surface area (TPSA) is 49.8 Å². The monoisotopic (exact) mass is 289 g/mol. The van der Waals surface area contributed by atoms with Crippen molar-refractivity contribution in [1.29, 1.82) is 0 Å². The minimum absolute atomic E-state index is 0.188. The first-order chi connectivity index (χ1) is 10.2. The van der Waals surface area contributed by atoms with Crippen LogP contribution < -0.4 is 0 Å². The Morgan fingerprint density at radius 3 is 2.81 bits per heavy atom. The molecular formula is C17H23NO3. The Morgan fingerprint density at radius 1 is 1.19 bits per heavy atom. The molecule has 1 N–H and O–H groups in total. The summed E-state index contributed by atoms with van der Waals surface area (Å²) in [6.07, 6.45) is 3.47. The molecule has 1 aromatic carbocycles. The van der Waals surface area contributed by atoms with Crippen LogP contribution in [0.2, 0.25) is 0 Å². The summed E-state index contributed by atoms with van der Waals surface area (Å²) in [7, 11) is 0. The summed E-state index contributed by atoms with van der Waals surface area (Å²) in [5.41, 5.74) is 1.01. The van der Waals surface area contributed by atoms with Gasteiger partial charge in [0.15, 0.2) is 0 Å². The molecule has 1 aliphatic heterocycles. The van der Waals surface area contributed by atoms with Crippen molar-refractivity contribution in [2.24, 2.45) is 11.8 Å². The zero-order valence-electron chi connectivity index (χ0n) is 12.3. The summed E-state index contributed by atoms with van der Waals surface area (Å²) in [4.78, 5) is 14.0. The lowest BCUT2D eigenvalue weighted by Gasteiger charge is -2.42. The number of amides is 1. The number of nitrogens with zero attached hydrogens (tertiary/aromatic N) is 1. The number of fused-ring (bicyclic) bond motifs is 1. The van der Waals surface area contributed by atoms with E-state index in [0.29, 0.717) is 18.4 Å². The van der Waals surface area contributed by atoms with Crippen molar-refractivity contribution in [1.82, 2.24) is 4.90 Å². The van der Waals surface area contributed by atoms with Gasteiger partial charge in [0.2, 0.25) is 0 Å². The number of carbonyl (C=O) groups excluding carboxylic acids is 1. The molecule has 1 aliphatic carbocycles. The van der Waals surface area contributed by atoms with Gasteiger partial charge in [0.05, 0.1) is 6.10 Å². The van der Waals surface area contributed by atoms with Gasteiger partial charge in [-0.05, 0) is 43.1 Å². The normalized spacial score (nSPS) is 28.8. The number of likely N-dealkylation sites (tertiary alicyclic amines) is 1. The van der Waals surface area contributed by atoms with E-state index >= 15 is 0 Å². The van der Waals surface area contributed by atoms with Crippen LogP contribution in [0, 0.1) is 11.8 Å². The predicted octanol–water partition coefficient (Wildman–Crippen LogP) is 2.81. The highest BCUT2D eigenvalue weighted by Gasteiger charge is 2.36. The van der Waals surface area contributed by atoms with Gasteiger partial charge in [-0.1, -0.05) is 30.3 Å². The van der Waals surface area contributed by atoms with E-state index in [9.17, 15) is 9.90 Å². The molecule has 1 amide bonds. The predicted molar refractivity (Wildman–Crippen MR) is 79.7 cm³/mol. The van der Waals surface area contributed by atoms with Crippen LogP contribution in [0.25, 0.3) is 0 Å². The summed E-state index contributed by atoms with van der Waals surface area (Å²) >= 11 is 0. The molecule has 0 radical (unpaired) electrons. The van der Waals surface area contributed by atoms with E-state index in [1.807, 2.05) is 35.2 Å². The Morgan fingerprint density at radius 2 is 2.00 bits per heavy atom. The van der Waals surface area contributed by atoms with E-state index in [2.05, 4.69) is 0 Å². The lowest BCUT2D eigenvalue weighted by molar-refractivity contribution is 0.0135. The lowest BCUT2D eigenvalue weighted by atomic mass is 9.74. The molecule has 0 bridgehead atoms. The molecule has 3 rings (SSSR count). The zero-order chi connectivity index (χ0) is 14.7. The van der Waals surface area contributed by atoms with E-state index in [0.717, 1.165) is 44.3 Å². The molecule has 114 valence electrons. The summed E-state index contributed by atoms with van der Waals surface area (Å²) < 4.78 is 5.40. The van der Waals surface area contributed by atoms with Crippen LogP contribution >= 0.6 is 0 Å². The van der Waals surface area contributed by atoms with Crippen LogP contribution in [0.4, 0.5) is 4.79 Å². The quantitative estimate of drug-likeness (QED) is 0.911. The first kappa shape index (κ1) is 14.4. The van der Waals surface area contributed by atoms with Crippen molar-refractivity contribution in [2.75, 3.05) is 13.1 Å². The number of hydrogen-bond acceptors (Lipinski definition) is 3. The van der Waals surface area contributed by atoms with Crippen LogP contribution in [-0.2, 0) is 11.3 Å². The van der Waals surface area contributed by atoms with Gasteiger partial charge in [-0.15, -0.1) is 0 Å². The Hall–Kier alpha value is -1.55. The van der Waals surface area contributed by atoms with Crippen molar-refractivity contribution >= 4 is 6.09 Å². The van der Waals surface area contributed by atoms with Gasteiger partial charge in [-0.3, -0.25) is 0 Å². The highest BCUT2D eigenvalue weighted by atomic mass is 16.6. The number of aliphatic hydroxyl groups excluding tert-OH is 1. The fourth-order valence-corrected chi connectivity index (χ4v) is 3.58. The Balaban J connectivity index is 1.51. The SMILES string of the molecule is O=C(OCc1ccccc1)N1CCC2CCC(O)CC2C1. The number of aliphatic hydroxyl groups is 1. The molecule has 0 spiro atoms. The van der Waals surface area contributed by atoms with Crippen LogP contribution in [0.3, 0.4) is 0 Å². The summed E-state index contributed by atoms with van der Waals surface area (Å²) in [6, 6.07) is 9.74. The first-order valence-corrected chi connectivity index (χ1v) is 7.86. The van der Waals surface area contributed by atoms with Crippen molar-refractivity contribution in [3.63, 3.8) is 0 Å². The van der Waals surface area contributed by atoms with Crippen LogP contribution in [0.15, 0.2) is 30.3 Å². The van der Waals surface area contributed by atoms with E-state index in [1.54, 1.807) is 0 Å². The molecule has 1 heterocycles. The maximum Gasteiger partial charge on any atom is 0.410 e. The molecule has 1 aromatic rings. The first-order valence-electron chi connectivity index (χ1n) is 7.86. The maximum atomic E-state index is 12.2. The zero-order valence-corrected chi connectivity index (χ0v) is 12.3. The molecule has 3 unspecified atom stereocenters. The molecule has 1 saturated heterocycles. The van der Waals surface area contributed by atoms with Gasteiger partial charge in [0.1, 0.15) is 6.61 Å². The van der Waals surface area contributed by atoms with Gasteiger partial charge in [0, 0.05) is 13.1 Å². The molecule has 3 atom stereocenters. The second-order valence-electron chi connectivity index (χ2n) is 6.26. The van der Waals surface area contributed by atoms with Gasteiger partial charge in [-0.25, -0.2) is 4.79 Å². The molecule has 4 heteroatoms. The van der Waals surface area contributed by atoms with Crippen molar-refractivity contribution in [2.45, 2.75) is 38.4 Å². The minimum atomic E-state index is -0.225. The number of benzene rings is 1. The molecular weight excluding hydrogens is 266 g/mol. The summed E-state index contributed by atoms with van der Waals surface area (Å²) in [5, 5.41) is 9.79. The van der Waals surface area contributed by atoms with Gasteiger partial charge in [0.25, 0.3) is 0 Å². The van der Waals surface area contributed by atoms with Gasteiger partial charge < -0.3 is 14.7 Å². The Bertz CT molecular complexity index is 476. The molecule has 1 saturated carbocycles. The van der Waals surface area contributed by atoms with Crippen molar-refractivity contribution in [3.8, 4) is 0 Å². The highest BCUT2D eigenvalue weighted by Crippen LogP contribution is 2.36. The van der Waals surface area contributed by atoms with Gasteiger partial charge >= 0.3 is 6.09 Å². The standard InChI is InChI=1S/C17H23NO3/c19-16-7-6-14-8-9-18(11-15(14)10-16)17(20)21-12-13-4-2-1-3-5-13/h1-5,14-16,19H,6-12H2. The number of rotatable bonds is 2. The van der Waals surface area contributed by atoms with E-state index < -0.39 is 0 Å². The molecule has 2 fully saturated rings. The number of piperidine rings is 1. The number of carbonyl (C=O) groups is 1. The minimum Gasteiger partial charge on any atom is -0.445 e. The fraction of sp³-hybridized carbons (Fsp3) is 0.588. The van der Waals surface area contributed by atoms with E-state index in [4.69, 9.17) is 4.74 Å². The largest absolute Gasteiger partial charge is 0.445 e. The Kier molecular flexibility index (Phi) is 4.44. The summed E-state index contributed by atoms with van der Waals surface area (Å²) in [5.74, 6) is 1.11. The lowest BCUT2D eigenvalue weighted by Crippen LogP contribution is -2.46. The Labute approximate surface area is 125 Å². The second kappa shape index (κ2) is 6.48. The molecule has 2 aliphatic rings. The van der Waals surface area contributed by atoms with E-state index in [1.165, 1.54) is 0 Å². The summed E-state index contributed by atoms with van der Waals surface area (Å²) in [6.45, 7) is 1.84.